The summed E-state index contributed by atoms with van der Waals surface area (Å²) in [4.78, 5) is 7.24. The first-order chi connectivity index (χ1) is 9.28. The fraction of sp³-hybridized carbons (Fsp3) is 0.133. The lowest BCUT2D eigenvalue weighted by Crippen LogP contribution is -1.98. The lowest BCUT2D eigenvalue weighted by Gasteiger charge is -2.11. The lowest BCUT2D eigenvalue weighted by molar-refractivity contribution is 0.220. The van der Waals surface area contributed by atoms with Gasteiger partial charge in [0.1, 0.15) is 18.5 Å². The van der Waals surface area contributed by atoms with Crippen molar-refractivity contribution in [3.05, 3.63) is 65.5 Å². The van der Waals surface area contributed by atoms with Gasteiger partial charge in [-0.25, -0.2) is 4.98 Å². The molecule has 96 valence electrons. The number of aromatic nitrogens is 2. The van der Waals surface area contributed by atoms with Gasteiger partial charge in [0, 0.05) is 0 Å². The highest BCUT2D eigenvalue weighted by molar-refractivity contribution is 5.76. The van der Waals surface area contributed by atoms with Gasteiger partial charge in [0.05, 0.1) is 11.0 Å². The zero-order valence-corrected chi connectivity index (χ0v) is 10.2. The van der Waals surface area contributed by atoms with Crippen molar-refractivity contribution in [2.45, 2.75) is 12.7 Å². The number of imidazole rings is 1. The molecule has 1 heterocycles. The fourth-order valence-electron chi connectivity index (χ4n) is 2.15. The number of aliphatic hydroxyl groups is 2. The third kappa shape index (κ3) is 2.23. The molecule has 3 aromatic rings. The van der Waals surface area contributed by atoms with Crippen molar-refractivity contribution < 1.29 is 10.2 Å². The van der Waals surface area contributed by atoms with E-state index >= 15 is 0 Å². The van der Waals surface area contributed by atoms with Crippen molar-refractivity contribution in [3.8, 4) is 0 Å². The maximum Gasteiger partial charge on any atom is 0.133 e. The molecular weight excluding hydrogens is 240 g/mol. The lowest BCUT2D eigenvalue weighted by atomic mass is 10.0. The molecule has 4 nitrogen and oxygen atoms in total. The number of H-pyrrole nitrogens is 1. The van der Waals surface area contributed by atoms with Crippen LogP contribution in [0.1, 0.15) is 23.1 Å². The molecule has 0 fully saturated rings. The summed E-state index contributed by atoms with van der Waals surface area (Å²) in [6, 6.07) is 15.0. The summed E-state index contributed by atoms with van der Waals surface area (Å²) >= 11 is 0. The highest BCUT2D eigenvalue weighted by atomic mass is 16.3. The van der Waals surface area contributed by atoms with Gasteiger partial charge in [0.15, 0.2) is 0 Å². The average Bonchev–Trinajstić information content (AvgIpc) is 2.89. The second-order valence-electron chi connectivity index (χ2n) is 4.43. The molecule has 19 heavy (non-hydrogen) atoms. The quantitative estimate of drug-likeness (QED) is 0.670. The van der Waals surface area contributed by atoms with Crippen LogP contribution in [0.3, 0.4) is 0 Å². The third-order valence-electron chi connectivity index (χ3n) is 3.14. The number of hydrogen-bond donors (Lipinski definition) is 3. The highest BCUT2D eigenvalue weighted by Gasteiger charge is 2.11. The van der Waals surface area contributed by atoms with Gasteiger partial charge in [-0.05, 0) is 23.3 Å². The number of rotatable bonds is 3. The topological polar surface area (TPSA) is 69.1 Å². The largest absolute Gasteiger partial charge is 0.388 e. The monoisotopic (exact) mass is 254 g/mol. The number of hydrogen-bond acceptors (Lipinski definition) is 3. The molecule has 2 aromatic carbocycles. The number of aromatic amines is 1. The Kier molecular flexibility index (Phi) is 3.03. The zero-order chi connectivity index (χ0) is 13.2. The van der Waals surface area contributed by atoms with Crippen LogP contribution in [0.25, 0.3) is 11.0 Å². The molecule has 0 bridgehead atoms. The van der Waals surface area contributed by atoms with E-state index in [-0.39, 0.29) is 6.61 Å². The van der Waals surface area contributed by atoms with Crippen molar-refractivity contribution in [2.24, 2.45) is 0 Å². The van der Waals surface area contributed by atoms with Crippen LogP contribution in [0.2, 0.25) is 0 Å². The number of nitrogens with zero attached hydrogens (tertiary/aromatic N) is 1. The van der Waals surface area contributed by atoms with Gasteiger partial charge in [-0.3, -0.25) is 0 Å². The van der Waals surface area contributed by atoms with Gasteiger partial charge in [-0.1, -0.05) is 36.4 Å². The van der Waals surface area contributed by atoms with Crippen LogP contribution in [0.15, 0.2) is 48.5 Å². The summed E-state index contributed by atoms with van der Waals surface area (Å²) in [7, 11) is 0. The van der Waals surface area contributed by atoms with Crippen LogP contribution < -0.4 is 0 Å². The van der Waals surface area contributed by atoms with Crippen molar-refractivity contribution in [1.82, 2.24) is 9.97 Å². The molecular formula is C15H14N2O2. The molecule has 0 radical (unpaired) electrons. The number of aliphatic hydroxyl groups excluding tert-OH is 2. The maximum atomic E-state index is 10.3. The Morgan fingerprint density at radius 1 is 1.05 bits per heavy atom. The van der Waals surface area contributed by atoms with E-state index in [1.165, 1.54) is 0 Å². The molecule has 3 N–H and O–H groups in total. The Morgan fingerprint density at radius 2 is 1.84 bits per heavy atom. The molecule has 0 aliphatic rings. The fourth-order valence-corrected chi connectivity index (χ4v) is 2.15. The molecule has 1 atom stereocenters. The summed E-state index contributed by atoms with van der Waals surface area (Å²) < 4.78 is 0. The van der Waals surface area contributed by atoms with E-state index in [0.29, 0.717) is 5.82 Å². The first-order valence-corrected chi connectivity index (χ1v) is 6.10. The molecule has 0 aliphatic carbocycles. The summed E-state index contributed by atoms with van der Waals surface area (Å²) in [6.45, 7) is -0.120. The second kappa shape index (κ2) is 4.84. The number of benzene rings is 2. The summed E-state index contributed by atoms with van der Waals surface area (Å²) in [5, 5.41) is 19.4. The van der Waals surface area contributed by atoms with Gasteiger partial charge < -0.3 is 15.2 Å². The first kappa shape index (κ1) is 11.9. The van der Waals surface area contributed by atoms with E-state index in [9.17, 15) is 5.11 Å². The normalized spacial score (nSPS) is 12.7. The van der Waals surface area contributed by atoms with Crippen LogP contribution in [0.4, 0.5) is 0 Å². The van der Waals surface area contributed by atoms with Crippen molar-refractivity contribution >= 4 is 11.0 Å². The Hall–Kier alpha value is -2.17. The minimum Gasteiger partial charge on any atom is -0.388 e. The molecule has 0 spiro atoms. The van der Waals surface area contributed by atoms with Gasteiger partial charge in [-0.15, -0.1) is 0 Å². The number of fused-ring (bicyclic) bond motifs is 1. The van der Waals surface area contributed by atoms with E-state index in [4.69, 9.17) is 5.11 Å². The van der Waals surface area contributed by atoms with Crippen LogP contribution in [-0.4, -0.2) is 20.2 Å². The van der Waals surface area contributed by atoms with E-state index in [2.05, 4.69) is 9.97 Å². The van der Waals surface area contributed by atoms with E-state index in [1.807, 2.05) is 48.5 Å². The van der Waals surface area contributed by atoms with E-state index < -0.39 is 6.10 Å². The smallest absolute Gasteiger partial charge is 0.133 e. The minimum absolute atomic E-state index is 0.120. The van der Waals surface area contributed by atoms with E-state index in [1.54, 1.807) is 0 Å². The van der Waals surface area contributed by atoms with Gasteiger partial charge in [-0.2, -0.15) is 0 Å². The Balaban J connectivity index is 2.01. The van der Waals surface area contributed by atoms with Gasteiger partial charge >= 0.3 is 0 Å². The molecule has 0 saturated heterocycles. The van der Waals surface area contributed by atoms with Crippen molar-refractivity contribution in [2.75, 3.05) is 0 Å². The molecule has 0 saturated carbocycles. The Morgan fingerprint density at radius 3 is 2.58 bits per heavy atom. The Bertz CT molecular complexity index is 692. The second-order valence-corrected chi connectivity index (χ2v) is 4.43. The van der Waals surface area contributed by atoms with E-state index in [0.717, 1.165) is 22.2 Å². The van der Waals surface area contributed by atoms with Crippen LogP contribution in [0.5, 0.6) is 0 Å². The average molecular weight is 254 g/mol. The van der Waals surface area contributed by atoms with Gasteiger partial charge in [0.25, 0.3) is 0 Å². The van der Waals surface area contributed by atoms with Crippen LogP contribution in [0, 0.1) is 0 Å². The third-order valence-corrected chi connectivity index (χ3v) is 3.14. The van der Waals surface area contributed by atoms with Crippen molar-refractivity contribution in [3.63, 3.8) is 0 Å². The molecule has 0 amide bonds. The van der Waals surface area contributed by atoms with Gasteiger partial charge in [0.2, 0.25) is 0 Å². The minimum atomic E-state index is -0.661. The molecule has 1 aromatic heterocycles. The Labute approximate surface area is 110 Å². The predicted molar refractivity (Wildman–Crippen MR) is 72.5 cm³/mol. The number of nitrogens with one attached hydrogen (secondary N) is 1. The molecule has 1 unspecified atom stereocenters. The highest BCUT2D eigenvalue weighted by Crippen LogP contribution is 2.24. The summed E-state index contributed by atoms with van der Waals surface area (Å²) in [5.41, 5.74) is 3.25. The standard InChI is InChI=1S/C15H14N2O2/c18-9-14-16-12-7-6-11(8-13(12)17-14)15(19)10-4-2-1-3-5-10/h1-8,15,18-19H,9H2,(H,16,17). The summed E-state index contributed by atoms with van der Waals surface area (Å²) in [5.74, 6) is 0.529. The summed E-state index contributed by atoms with van der Waals surface area (Å²) in [6.07, 6.45) is -0.661. The van der Waals surface area contributed by atoms with Crippen LogP contribution >= 0.6 is 0 Å². The molecule has 3 rings (SSSR count). The predicted octanol–water partition coefficient (Wildman–Crippen LogP) is 2.14. The van der Waals surface area contributed by atoms with Crippen molar-refractivity contribution in [1.29, 1.82) is 0 Å². The van der Waals surface area contributed by atoms with Crippen LogP contribution in [-0.2, 0) is 6.61 Å². The maximum absolute atomic E-state index is 10.3. The molecule has 0 aliphatic heterocycles. The zero-order valence-electron chi connectivity index (χ0n) is 10.2. The molecule has 4 heteroatoms. The first-order valence-electron chi connectivity index (χ1n) is 6.10. The SMILES string of the molecule is OCc1nc2ccc(C(O)c3ccccc3)cc2[nH]1.